The van der Waals surface area contributed by atoms with Gasteiger partial charge in [0.2, 0.25) is 5.91 Å². The first kappa shape index (κ1) is 21.0. The van der Waals surface area contributed by atoms with Gasteiger partial charge in [-0.15, -0.1) is 0 Å². The first-order chi connectivity index (χ1) is 15.5. The molecule has 1 aromatic heterocycles. The molecule has 6 heteroatoms. The molecule has 0 spiro atoms. The van der Waals surface area contributed by atoms with Crippen molar-refractivity contribution in [2.75, 3.05) is 6.54 Å². The van der Waals surface area contributed by atoms with Gasteiger partial charge in [-0.05, 0) is 55.5 Å². The van der Waals surface area contributed by atoms with E-state index in [2.05, 4.69) is 10.3 Å². The average Bonchev–Trinajstić information content (AvgIpc) is 3.20. The summed E-state index contributed by atoms with van der Waals surface area (Å²) in [6.45, 7) is 3.08. The lowest BCUT2D eigenvalue weighted by atomic mass is 9.70. The van der Waals surface area contributed by atoms with Crippen molar-refractivity contribution in [3.8, 4) is 0 Å². The normalized spacial score (nSPS) is 24.4. The Bertz CT molecular complexity index is 1140. The molecule has 3 heterocycles. The van der Waals surface area contributed by atoms with Crippen LogP contribution in [0, 0.1) is 12.8 Å². The molecule has 1 aliphatic carbocycles. The maximum atomic E-state index is 13.5. The maximum absolute atomic E-state index is 13.5. The molecule has 2 unspecified atom stereocenters. The summed E-state index contributed by atoms with van der Waals surface area (Å²) >= 11 is 6.24. The first-order valence-electron chi connectivity index (χ1n) is 11.1. The van der Waals surface area contributed by atoms with Crippen LogP contribution in [-0.4, -0.2) is 33.8 Å². The molecule has 2 atom stereocenters. The van der Waals surface area contributed by atoms with Crippen molar-refractivity contribution < 1.29 is 9.59 Å². The van der Waals surface area contributed by atoms with Gasteiger partial charge in [0, 0.05) is 30.7 Å². The standard InChI is InChI=1S/C26H26ClN3O2/c1-17-4-6-18(7-5-17)16-29-24(31)22-12-14-30-25(32)21-3-2-13-28-23(21)15-26(22,30)19-8-10-20(27)11-9-19/h2-8,10,13,22H,9,11-12,14-16H2,1H3,(H,29,31). The largest absolute Gasteiger partial charge is 0.352 e. The number of fused-ring (bicyclic) bond motifs is 2. The number of hydrogen-bond donors (Lipinski definition) is 1. The van der Waals surface area contributed by atoms with Gasteiger partial charge in [0.1, 0.15) is 0 Å². The zero-order valence-electron chi connectivity index (χ0n) is 18.1. The molecule has 0 bridgehead atoms. The lowest BCUT2D eigenvalue weighted by Crippen LogP contribution is -2.59. The highest BCUT2D eigenvalue weighted by Crippen LogP contribution is 2.49. The fourth-order valence-corrected chi connectivity index (χ4v) is 5.57. The number of aryl methyl sites for hydroxylation is 1. The van der Waals surface area contributed by atoms with E-state index >= 15 is 0 Å². The molecule has 5 nitrogen and oxygen atoms in total. The minimum atomic E-state index is -0.691. The summed E-state index contributed by atoms with van der Waals surface area (Å²) in [7, 11) is 0. The molecule has 2 amide bonds. The molecular formula is C26H26ClN3O2. The summed E-state index contributed by atoms with van der Waals surface area (Å²) in [4.78, 5) is 33.5. The Morgan fingerprint density at radius 1 is 1.22 bits per heavy atom. The third kappa shape index (κ3) is 3.45. The fraction of sp³-hybridized carbons (Fsp3) is 0.346. The van der Waals surface area contributed by atoms with Gasteiger partial charge in [0.05, 0.1) is 22.7 Å². The number of hydrogen-bond acceptors (Lipinski definition) is 3. The van der Waals surface area contributed by atoms with Gasteiger partial charge in [-0.3, -0.25) is 14.6 Å². The van der Waals surface area contributed by atoms with Gasteiger partial charge in [-0.1, -0.05) is 47.5 Å². The van der Waals surface area contributed by atoms with Crippen molar-refractivity contribution in [2.24, 2.45) is 5.92 Å². The predicted molar refractivity (Wildman–Crippen MR) is 124 cm³/mol. The predicted octanol–water partition coefficient (Wildman–Crippen LogP) is 4.31. The van der Waals surface area contributed by atoms with E-state index in [4.69, 9.17) is 11.6 Å². The van der Waals surface area contributed by atoms with Gasteiger partial charge in [-0.25, -0.2) is 0 Å². The van der Waals surface area contributed by atoms with E-state index in [-0.39, 0.29) is 17.7 Å². The van der Waals surface area contributed by atoms with Crippen LogP contribution in [0.2, 0.25) is 0 Å². The second-order valence-corrected chi connectivity index (χ2v) is 9.39. The molecule has 2 aromatic rings. The molecule has 3 aliphatic rings. The number of pyridine rings is 1. The van der Waals surface area contributed by atoms with Gasteiger partial charge < -0.3 is 10.2 Å². The molecule has 2 aliphatic heterocycles. The first-order valence-corrected chi connectivity index (χ1v) is 11.5. The van der Waals surface area contributed by atoms with Crippen LogP contribution in [0.5, 0.6) is 0 Å². The van der Waals surface area contributed by atoms with Crippen molar-refractivity contribution in [3.63, 3.8) is 0 Å². The van der Waals surface area contributed by atoms with Crippen LogP contribution in [0.3, 0.4) is 0 Å². The van der Waals surface area contributed by atoms with E-state index in [9.17, 15) is 9.59 Å². The van der Waals surface area contributed by atoms with Gasteiger partial charge in [0.25, 0.3) is 5.91 Å². The Hall–Kier alpha value is -2.92. The minimum Gasteiger partial charge on any atom is -0.352 e. The van der Waals surface area contributed by atoms with Crippen molar-refractivity contribution in [1.29, 1.82) is 0 Å². The SMILES string of the molecule is Cc1ccc(CNC(=O)C2CCN3C(=O)c4cccnc4CC23C2=CC=C(Cl)CC2)cc1. The van der Waals surface area contributed by atoms with E-state index in [0.29, 0.717) is 31.5 Å². The second kappa shape index (κ2) is 8.21. The number of carbonyl (C=O) groups excluding carboxylic acids is 2. The summed E-state index contributed by atoms with van der Waals surface area (Å²) in [5.41, 5.74) is 4.07. The molecule has 1 aromatic carbocycles. The molecule has 32 heavy (non-hydrogen) atoms. The molecule has 1 N–H and O–H groups in total. The summed E-state index contributed by atoms with van der Waals surface area (Å²) in [5.74, 6) is -0.375. The van der Waals surface area contributed by atoms with E-state index in [1.54, 1.807) is 12.3 Å². The smallest absolute Gasteiger partial charge is 0.256 e. The topological polar surface area (TPSA) is 62.3 Å². The zero-order valence-corrected chi connectivity index (χ0v) is 18.9. The van der Waals surface area contributed by atoms with Crippen LogP contribution in [-0.2, 0) is 17.8 Å². The van der Waals surface area contributed by atoms with Crippen LogP contribution in [0.15, 0.2) is 65.4 Å². The number of carbonyl (C=O) groups is 2. The zero-order chi connectivity index (χ0) is 22.3. The third-order valence-electron chi connectivity index (χ3n) is 7.06. The minimum absolute atomic E-state index is 0.0122. The van der Waals surface area contributed by atoms with E-state index in [0.717, 1.165) is 34.7 Å². The second-order valence-electron chi connectivity index (χ2n) is 8.91. The van der Waals surface area contributed by atoms with Crippen molar-refractivity contribution in [1.82, 2.24) is 15.2 Å². The van der Waals surface area contributed by atoms with Crippen molar-refractivity contribution in [3.05, 3.63) is 87.7 Å². The number of nitrogens with zero attached hydrogens (tertiary/aromatic N) is 2. The molecule has 1 saturated heterocycles. The lowest BCUT2D eigenvalue weighted by Gasteiger charge is -2.47. The van der Waals surface area contributed by atoms with Crippen LogP contribution >= 0.6 is 11.6 Å². The highest BCUT2D eigenvalue weighted by atomic mass is 35.5. The third-order valence-corrected chi connectivity index (χ3v) is 7.38. The van der Waals surface area contributed by atoms with E-state index in [1.165, 1.54) is 5.56 Å². The number of nitrogens with one attached hydrogen (secondary N) is 1. The molecular weight excluding hydrogens is 422 g/mol. The number of halogens is 1. The molecule has 0 radical (unpaired) electrons. The average molecular weight is 448 g/mol. The number of amides is 2. The molecule has 164 valence electrons. The number of aromatic nitrogens is 1. The Kier molecular flexibility index (Phi) is 5.38. The van der Waals surface area contributed by atoms with Crippen LogP contribution in [0.25, 0.3) is 0 Å². The monoisotopic (exact) mass is 447 g/mol. The highest BCUT2D eigenvalue weighted by molar-refractivity contribution is 6.29. The lowest BCUT2D eigenvalue weighted by molar-refractivity contribution is -0.127. The van der Waals surface area contributed by atoms with E-state index < -0.39 is 5.54 Å². The van der Waals surface area contributed by atoms with Gasteiger partial charge >= 0.3 is 0 Å². The quantitative estimate of drug-likeness (QED) is 0.759. The van der Waals surface area contributed by atoms with Gasteiger partial charge in [-0.2, -0.15) is 0 Å². The molecule has 1 fully saturated rings. The van der Waals surface area contributed by atoms with Gasteiger partial charge in [0.15, 0.2) is 0 Å². The maximum Gasteiger partial charge on any atom is 0.256 e. The number of allylic oxidation sites excluding steroid dienone is 3. The van der Waals surface area contributed by atoms with Crippen LogP contribution in [0.4, 0.5) is 0 Å². The summed E-state index contributed by atoms with van der Waals surface area (Å²) in [5, 5.41) is 3.94. The highest BCUT2D eigenvalue weighted by Gasteiger charge is 2.58. The molecule has 0 saturated carbocycles. The molecule has 5 rings (SSSR count). The number of benzene rings is 1. The Balaban J connectivity index is 1.50. The summed E-state index contributed by atoms with van der Waals surface area (Å²) in [6.07, 6.45) is 8.30. The Morgan fingerprint density at radius 2 is 2.03 bits per heavy atom. The Morgan fingerprint density at radius 3 is 2.78 bits per heavy atom. The van der Waals surface area contributed by atoms with E-state index in [1.807, 2.05) is 54.3 Å². The Labute approximate surface area is 193 Å². The van der Waals surface area contributed by atoms with Crippen molar-refractivity contribution in [2.45, 2.75) is 44.7 Å². The number of rotatable bonds is 4. The fourth-order valence-electron chi connectivity index (χ4n) is 5.41. The van der Waals surface area contributed by atoms with Crippen molar-refractivity contribution >= 4 is 23.4 Å². The summed E-state index contributed by atoms with van der Waals surface area (Å²) in [6, 6.07) is 11.8. The summed E-state index contributed by atoms with van der Waals surface area (Å²) < 4.78 is 0. The van der Waals surface area contributed by atoms with Crippen LogP contribution in [0.1, 0.15) is 46.4 Å². The van der Waals surface area contributed by atoms with Crippen LogP contribution < -0.4 is 5.32 Å².